The zero-order valence-electron chi connectivity index (χ0n) is 13.8. The summed E-state index contributed by atoms with van der Waals surface area (Å²) in [5, 5.41) is 14.7. The molecule has 3 rings (SSSR count). The molecule has 1 aliphatic rings. The summed E-state index contributed by atoms with van der Waals surface area (Å²) in [5.74, 6) is -0.179. The van der Waals surface area contributed by atoms with Crippen LogP contribution in [0.1, 0.15) is 37.6 Å². The van der Waals surface area contributed by atoms with E-state index in [1.807, 2.05) is 45.2 Å². The molecule has 0 aliphatic heterocycles. The van der Waals surface area contributed by atoms with E-state index < -0.39 is 5.60 Å². The van der Waals surface area contributed by atoms with Gasteiger partial charge in [0.1, 0.15) is 0 Å². The van der Waals surface area contributed by atoms with Crippen LogP contribution >= 0.6 is 0 Å². The number of para-hydroxylation sites is 1. The lowest BCUT2D eigenvalue weighted by Crippen LogP contribution is -2.68. The van der Waals surface area contributed by atoms with Crippen molar-refractivity contribution in [3.05, 3.63) is 36.0 Å². The molecule has 1 aliphatic carbocycles. The molecule has 2 atom stereocenters. The molecule has 0 unspecified atom stereocenters. The number of aliphatic hydroxyl groups is 1. The van der Waals surface area contributed by atoms with Gasteiger partial charge in [0.15, 0.2) is 0 Å². The Bertz CT molecular complexity index is 722. The van der Waals surface area contributed by atoms with Gasteiger partial charge in [-0.1, -0.05) is 26.0 Å². The van der Waals surface area contributed by atoms with Crippen molar-refractivity contribution in [3.8, 4) is 0 Å². The number of hydrogen-bond donors (Lipinski definition) is 3. The van der Waals surface area contributed by atoms with Gasteiger partial charge in [-0.2, -0.15) is 0 Å². The number of aromatic amines is 1. The number of rotatable bonds is 5. The molecule has 124 valence electrons. The Labute approximate surface area is 136 Å². The van der Waals surface area contributed by atoms with Crippen LogP contribution in [0.5, 0.6) is 0 Å². The second kappa shape index (κ2) is 5.65. The predicted molar refractivity (Wildman–Crippen MR) is 89.4 cm³/mol. The molecule has 3 N–H and O–H groups in total. The molecule has 23 heavy (non-hydrogen) atoms. The SMILES string of the molecule is CCO[C@@H]1C[C@@](O)(CNC(=O)c2cccc3cc[nH]c23)C1(C)C. The first-order valence-electron chi connectivity index (χ1n) is 8.07. The van der Waals surface area contributed by atoms with Crippen LogP contribution in [0.15, 0.2) is 30.5 Å². The van der Waals surface area contributed by atoms with E-state index in [0.717, 1.165) is 10.9 Å². The molecule has 5 nitrogen and oxygen atoms in total. The highest BCUT2D eigenvalue weighted by Crippen LogP contribution is 2.50. The molecule has 0 radical (unpaired) electrons. The van der Waals surface area contributed by atoms with E-state index in [1.54, 1.807) is 6.07 Å². The van der Waals surface area contributed by atoms with Crippen LogP contribution in [-0.2, 0) is 4.74 Å². The van der Waals surface area contributed by atoms with Gasteiger partial charge in [-0.05, 0) is 19.1 Å². The van der Waals surface area contributed by atoms with Gasteiger partial charge < -0.3 is 20.1 Å². The van der Waals surface area contributed by atoms with Crippen molar-refractivity contribution < 1.29 is 14.6 Å². The summed E-state index contributed by atoms with van der Waals surface area (Å²) in [4.78, 5) is 15.6. The third kappa shape index (κ3) is 2.54. The van der Waals surface area contributed by atoms with Gasteiger partial charge in [-0.15, -0.1) is 0 Å². The average Bonchev–Trinajstić information content (AvgIpc) is 3.00. The van der Waals surface area contributed by atoms with Crippen LogP contribution < -0.4 is 5.32 Å². The van der Waals surface area contributed by atoms with Crippen molar-refractivity contribution in [1.82, 2.24) is 10.3 Å². The quantitative estimate of drug-likeness (QED) is 0.793. The highest BCUT2D eigenvalue weighted by Gasteiger charge is 2.59. The van der Waals surface area contributed by atoms with Gasteiger partial charge >= 0.3 is 0 Å². The van der Waals surface area contributed by atoms with E-state index in [-0.39, 0.29) is 24.0 Å². The topological polar surface area (TPSA) is 74.3 Å². The van der Waals surface area contributed by atoms with E-state index in [2.05, 4.69) is 10.3 Å². The molecule has 0 saturated heterocycles. The molecule has 5 heteroatoms. The summed E-state index contributed by atoms with van der Waals surface area (Å²) in [6.07, 6.45) is 2.39. The molecule has 1 heterocycles. The lowest BCUT2D eigenvalue weighted by atomic mass is 9.56. The van der Waals surface area contributed by atoms with Crippen molar-refractivity contribution in [2.24, 2.45) is 5.41 Å². The maximum atomic E-state index is 12.5. The number of nitrogens with one attached hydrogen (secondary N) is 2. The number of carbonyl (C=O) groups excluding carboxylic acids is 1. The number of benzene rings is 1. The maximum Gasteiger partial charge on any atom is 0.253 e. The molecule has 0 spiro atoms. The Morgan fingerprint density at radius 3 is 2.91 bits per heavy atom. The predicted octanol–water partition coefficient (Wildman–Crippen LogP) is 2.46. The Morgan fingerprint density at radius 1 is 1.43 bits per heavy atom. The molecule has 1 saturated carbocycles. The number of aromatic nitrogens is 1. The lowest BCUT2D eigenvalue weighted by Gasteiger charge is -2.57. The van der Waals surface area contributed by atoms with Gasteiger partial charge in [-0.25, -0.2) is 0 Å². The highest BCUT2D eigenvalue weighted by molar-refractivity contribution is 6.05. The van der Waals surface area contributed by atoms with Crippen molar-refractivity contribution in [2.45, 2.75) is 38.9 Å². The van der Waals surface area contributed by atoms with Crippen molar-refractivity contribution in [3.63, 3.8) is 0 Å². The fourth-order valence-corrected chi connectivity index (χ4v) is 3.36. The minimum absolute atomic E-state index is 0.0289. The van der Waals surface area contributed by atoms with Crippen molar-refractivity contribution in [1.29, 1.82) is 0 Å². The Morgan fingerprint density at radius 2 is 2.22 bits per heavy atom. The molecule has 2 aromatic rings. The zero-order chi connectivity index (χ0) is 16.7. The Hall–Kier alpha value is -1.85. The van der Waals surface area contributed by atoms with Crippen LogP contribution in [0.4, 0.5) is 0 Å². The number of H-pyrrole nitrogens is 1. The maximum absolute atomic E-state index is 12.5. The summed E-state index contributed by atoms with van der Waals surface area (Å²) < 4.78 is 5.65. The standard InChI is InChI=1S/C18H24N2O3/c1-4-23-14-10-18(22,17(14,2)3)11-20-16(21)13-7-5-6-12-8-9-19-15(12)13/h5-9,14,19,22H,4,10-11H2,1-3H3,(H,20,21)/t14-,18-/m1/s1. The number of fused-ring (bicyclic) bond motifs is 1. The van der Waals surface area contributed by atoms with Gasteiger partial charge in [0.2, 0.25) is 0 Å². The summed E-state index contributed by atoms with van der Waals surface area (Å²) in [6.45, 7) is 6.76. The largest absolute Gasteiger partial charge is 0.387 e. The van der Waals surface area contributed by atoms with Gasteiger partial charge in [0.05, 0.1) is 22.8 Å². The van der Waals surface area contributed by atoms with Crippen LogP contribution in [0.25, 0.3) is 10.9 Å². The average molecular weight is 316 g/mol. The Balaban J connectivity index is 1.69. The van der Waals surface area contributed by atoms with Crippen molar-refractivity contribution in [2.75, 3.05) is 13.2 Å². The third-order valence-electron chi connectivity index (χ3n) is 5.27. The number of carbonyl (C=O) groups is 1. The zero-order valence-corrected chi connectivity index (χ0v) is 13.8. The molecule has 1 amide bonds. The van der Waals surface area contributed by atoms with Gasteiger partial charge in [0, 0.05) is 36.6 Å². The second-order valence-corrected chi connectivity index (χ2v) is 6.83. The summed E-state index contributed by atoms with van der Waals surface area (Å²) in [5.41, 5.74) is 0.0903. The lowest BCUT2D eigenvalue weighted by molar-refractivity contribution is -0.237. The minimum Gasteiger partial charge on any atom is -0.387 e. The first-order chi connectivity index (χ1) is 10.9. The Kier molecular flexibility index (Phi) is 3.94. The van der Waals surface area contributed by atoms with Crippen LogP contribution in [0.3, 0.4) is 0 Å². The molecular formula is C18H24N2O3. The number of hydrogen-bond acceptors (Lipinski definition) is 3. The molecular weight excluding hydrogens is 292 g/mol. The van der Waals surface area contributed by atoms with Gasteiger partial charge in [-0.3, -0.25) is 4.79 Å². The van der Waals surface area contributed by atoms with Crippen LogP contribution in [0.2, 0.25) is 0 Å². The summed E-state index contributed by atoms with van der Waals surface area (Å²) >= 11 is 0. The smallest absolute Gasteiger partial charge is 0.253 e. The summed E-state index contributed by atoms with van der Waals surface area (Å²) in [6, 6.07) is 7.53. The first-order valence-corrected chi connectivity index (χ1v) is 8.07. The van der Waals surface area contributed by atoms with E-state index >= 15 is 0 Å². The molecule has 1 aromatic carbocycles. The van der Waals surface area contributed by atoms with Crippen LogP contribution in [0, 0.1) is 5.41 Å². The monoisotopic (exact) mass is 316 g/mol. The number of ether oxygens (including phenoxy) is 1. The fraction of sp³-hybridized carbons (Fsp3) is 0.500. The van der Waals surface area contributed by atoms with E-state index in [1.165, 1.54) is 0 Å². The van der Waals surface area contributed by atoms with Crippen molar-refractivity contribution >= 4 is 16.8 Å². The normalized spacial score (nSPS) is 26.0. The molecule has 1 fully saturated rings. The number of amides is 1. The van der Waals surface area contributed by atoms with E-state index in [0.29, 0.717) is 18.6 Å². The minimum atomic E-state index is -0.938. The second-order valence-electron chi connectivity index (χ2n) is 6.83. The third-order valence-corrected chi connectivity index (χ3v) is 5.27. The first kappa shape index (κ1) is 16.0. The van der Waals surface area contributed by atoms with E-state index in [4.69, 9.17) is 4.74 Å². The molecule has 1 aromatic heterocycles. The fourth-order valence-electron chi connectivity index (χ4n) is 3.36. The highest BCUT2D eigenvalue weighted by atomic mass is 16.5. The van der Waals surface area contributed by atoms with E-state index in [9.17, 15) is 9.90 Å². The summed E-state index contributed by atoms with van der Waals surface area (Å²) in [7, 11) is 0. The van der Waals surface area contributed by atoms with Gasteiger partial charge in [0.25, 0.3) is 5.91 Å². The molecule has 0 bridgehead atoms. The van der Waals surface area contributed by atoms with Crippen LogP contribution in [-0.4, -0.2) is 40.9 Å².